The van der Waals surface area contributed by atoms with Crippen LogP contribution in [0.5, 0.6) is 0 Å². The van der Waals surface area contributed by atoms with E-state index in [2.05, 4.69) is 20.0 Å². The number of hydrogen-bond donors (Lipinski definition) is 0. The van der Waals surface area contributed by atoms with Gasteiger partial charge in [0.25, 0.3) is 0 Å². The Morgan fingerprint density at radius 1 is 1.24 bits per heavy atom. The Kier molecular flexibility index (Phi) is 4.38. The first-order valence-electron chi connectivity index (χ1n) is 8.99. The average molecular weight is 341 g/mol. The molecule has 0 radical (unpaired) electrons. The van der Waals surface area contributed by atoms with Crippen LogP contribution in [-0.2, 0) is 4.79 Å². The highest BCUT2D eigenvalue weighted by Crippen LogP contribution is 2.33. The lowest BCUT2D eigenvalue weighted by molar-refractivity contribution is -0.137. The van der Waals surface area contributed by atoms with E-state index in [4.69, 9.17) is 4.52 Å². The summed E-state index contributed by atoms with van der Waals surface area (Å²) in [6.45, 7) is 4.24. The van der Waals surface area contributed by atoms with E-state index in [9.17, 15) is 4.79 Å². The molecule has 7 heteroatoms. The lowest BCUT2D eigenvalue weighted by atomic mass is 9.96. The number of aromatic nitrogens is 3. The molecule has 2 aliphatic rings. The number of rotatable bonds is 3. The van der Waals surface area contributed by atoms with Crippen molar-refractivity contribution in [3.8, 4) is 0 Å². The third-order valence-corrected chi connectivity index (χ3v) is 5.12. The fraction of sp³-hybridized carbons (Fsp3) is 0.556. The first-order valence-corrected chi connectivity index (χ1v) is 8.99. The molecule has 4 rings (SSSR count). The molecule has 0 spiro atoms. The summed E-state index contributed by atoms with van der Waals surface area (Å²) in [5, 5.41) is 4.04. The molecule has 0 bridgehead atoms. The van der Waals surface area contributed by atoms with Crippen LogP contribution >= 0.6 is 0 Å². The Bertz CT molecular complexity index is 732. The van der Waals surface area contributed by atoms with Gasteiger partial charge in [-0.1, -0.05) is 11.2 Å². The number of likely N-dealkylation sites (tertiary alicyclic amines) is 1. The molecule has 0 aromatic carbocycles. The minimum Gasteiger partial charge on any atom is -0.356 e. The summed E-state index contributed by atoms with van der Waals surface area (Å²) in [4.78, 5) is 26.1. The number of pyridine rings is 1. The molecule has 0 saturated carbocycles. The second-order valence-electron chi connectivity index (χ2n) is 6.83. The van der Waals surface area contributed by atoms with Crippen molar-refractivity contribution >= 4 is 11.7 Å². The third-order valence-electron chi connectivity index (χ3n) is 5.12. The smallest absolute Gasteiger partial charge is 0.228 e. The zero-order valence-corrected chi connectivity index (χ0v) is 14.5. The molecular formula is C18H23N5O2. The summed E-state index contributed by atoms with van der Waals surface area (Å²) in [5.74, 6) is 2.36. The first-order chi connectivity index (χ1) is 12.2. The Morgan fingerprint density at radius 3 is 2.88 bits per heavy atom. The monoisotopic (exact) mass is 341 g/mol. The van der Waals surface area contributed by atoms with Crippen molar-refractivity contribution in [1.29, 1.82) is 0 Å². The summed E-state index contributed by atoms with van der Waals surface area (Å²) in [6, 6.07) is 5.86. The molecule has 132 valence electrons. The van der Waals surface area contributed by atoms with Crippen LogP contribution in [0.25, 0.3) is 0 Å². The molecule has 2 aliphatic heterocycles. The van der Waals surface area contributed by atoms with Crippen molar-refractivity contribution in [2.24, 2.45) is 5.92 Å². The number of anilines is 1. The summed E-state index contributed by atoms with van der Waals surface area (Å²) >= 11 is 0. The predicted octanol–water partition coefficient (Wildman–Crippen LogP) is 2.35. The van der Waals surface area contributed by atoms with E-state index in [1.807, 2.05) is 23.1 Å². The highest BCUT2D eigenvalue weighted by Gasteiger charge is 2.37. The van der Waals surface area contributed by atoms with E-state index in [1.54, 1.807) is 13.1 Å². The van der Waals surface area contributed by atoms with Crippen LogP contribution in [0.4, 0.5) is 5.82 Å². The molecule has 4 heterocycles. The maximum absolute atomic E-state index is 13.2. The van der Waals surface area contributed by atoms with E-state index < -0.39 is 0 Å². The Balaban J connectivity index is 1.48. The van der Waals surface area contributed by atoms with Crippen molar-refractivity contribution in [2.75, 3.05) is 24.5 Å². The van der Waals surface area contributed by atoms with Crippen molar-refractivity contribution in [2.45, 2.75) is 38.6 Å². The van der Waals surface area contributed by atoms with Gasteiger partial charge in [-0.25, -0.2) is 4.98 Å². The summed E-state index contributed by atoms with van der Waals surface area (Å²) in [5.41, 5.74) is 0. The van der Waals surface area contributed by atoms with Crippen LogP contribution in [0.3, 0.4) is 0 Å². The van der Waals surface area contributed by atoms with Crippen LogP contribution in [0.2, 0.25) is 0 Å². The standard InChI is InChI=1S/C18H23N5O2/c1-13-20-17(21-25-13)15-7-5-11-23(15)18(24)14-6-4-10-22(12-14)16-8-2-3-9-19-16/h2-3,8-9,14-15H,4-7,10-12H2,1H3. The van der Waals surface area contributed by atoms with Crippen molar-refractivity contribution < 1.29 is 9.32 Å². The van der Waals surface area contributed by atoms with Crippen LogP contribution in [0.1, 0.15) is 43.4 Å². The third kappa shape index (κ3) is 3.23. The first kappa shape index (κ1) is 16.1. The number of carbonyl (C=O) groups is 1. The quantitative estimate of drug-likeness (QED) is 0.853. The van der Waals surface area contributed by atoms with E-state index in [-0.39, 0.29) is 17.9 Å². The van der Waals surface area contributed by atoms with E-state index in [0.29, 0.717) is 11.7 Å². The van der Waals surface area contributed by atoms with Gasteiger partial charge in [-0.2, -0.15) is 4.98 Å². The lowest BCUT2D eigenvalue weighted by Gasteiger charge is -2.35. The second kappa shape index (κ2) is 6.82. The van der Waals surface area contributed by atoms with E-state index >= 15 is 0 Å². The van der Waals surface area contributed by atoms with Gasteiger partial charge in [-0.3, -0.25) is 4.79 Å². The number of nitrogens with zero attached hydrogens (tertiary/aromatic N) is 5. The predicted molar refractivity (Wildman–Crippen MR) is 91.9 cm³/mol. The van der Waals surface area contributed by atoms with Crippen molar-refractivity contribution in [3.63, 3.8) is 0 Å². The fourth-order valence-electron chi connectivity index (χ4n) is 3.91. The summed E-state index contributed by atoms with van der Waals surface area (Å²) < 4.78 is 5.11. The minimum absolute atomic E-state index is 0.00403. The van der Waals surface area contributed by atoms with Gasteiger partial charge < -0.3 is 14.3 Å². The number of carbonyl (C=O) groups excluding carboxylic acids is 1. The molecule has 7 nitrogen and oxygen atoms in total. The van der Waals surface area contributed by atoms with Crippen molar-refractivity contribution in [1.82, 2.24) is 20.0 Å². The molecule has 25 heavy (non-hydrogen) atoms. The van der Waals surface area contributed by atoms with Crippen molar-refractivity contribution in [3.05, 3.63) is 36.1 Å². The molecule has 2 fully saturated rings. The molecule has 2 aromatic rings. The SMILES string of the molecule is Cc1nc(C2CCCN2C(=O)C2CCCN(c3ccccn3)C2)no1. The van der Waals surface area contributed by atoms with E-state index in [1.165, 1.54) is 0 Å². The van der Waals surface area contributed by atoms with Gasteiger partial charge in [0, 0.05) is 32.8 Å². The van der Waals surface area contributed by atoms with Gasteiger partial charge in [0.05, 0.1) is 12.0 Å². The second-order valence-corrected chi connectivity index (χ2v) is 6.83. The Morgan fingerprint density at radius 2 is 2.12 bits per heavy atom. The molecule has 0 aliphatic carbocycles. The fourth-order valence-corrected chi connectivity index (χ4v) is 3.91. The topological polar surface area (TPSA) is 75.4 Å². The molecule has 0 N–H and O–H groups in total. The lowest BCUT2D eigenvalue weighted by Crippen LogP contribution is -2.45. The largest absolute Gasteiger partial charge is 0.356 e. The van der Waals surface area contributed by atoms with Crippen LogP contribution < -0.4 is 4.90 Å². The molecule has 1 amide bonds. The zero-order valence-electron chi connectivity index (χ0n) is 14.5. The summed E-state index contributed by atoms with van der Waals surface area (Å²) in [6.07, 6.45) is 5.63. The highest BCUT2D eigenvalue weighted by molar-refractivity contribution is 5.80. The van der Waals surface area contributed by atoms with E-state index in [0.717, 1.165) is 51.1 Å². The summed E-state index contributed by atoms with van der Waals surface area (Å²) in [7, 11) is 0. The number of aryl methyl sites for hydroxylation is 1. The molecule has 2 saturated heterocycles. The molecular weight excluding hydrogens is 318 g/mol. The van der Waals surface area contributed by atoms with Gasteiger partial charge in [0.15, 0.2) is 5.82 Å². The Hall–Kier alpha value is -2.44. The maximum Gasteiger partial charge on any atom is 0.228 e. The van der Waals surface area contributed by atoms with Gasteiger partial charge in [0.2, 0.25) is 11.8 Å². The average Bonchev–Trinajstić information content (AvgIpc) is 3.30. The zero-order chi connectivity index (χ0) is 17.2. The van der Waals surface area contributed by atoms with Crippen LogP contribution in [0.15, 0.2) is 28.9 Å². The normalized spacial score (nSPS) is 23.9. The number of amides is 1. The highest BCUT2D eigenvalue weighted by atomic mass is 16.5. The molecule has 2 atom stereocenters. The van der Waals surface area contributed by atoms with Gasteiger partial charge >= 0.3 is 0 Å². The van der Waals surface area contributed by atoms with Crippen LogP contribution in [0, 0.1) is 12.8 Å². The van der Waals surface area contributed by atoms with Gasteiger partial charge in [0.1, 0.15) is 5.82 Å². The maximum atomic E-state index is 13.2. The molecule has 2 unspecified atom stereocenters. The van der Waals surface area contributed by atoms with Gasteiger partial charge in [-0.05, 0) is 37.8 Å². The van der Waals surface area contributed by atoms with Gasteiger partial charge in [-0.15, -0.1) is 0 Å². The Labute approximate surface area is 147 Å². The number of hydrogen-bond acceptors (Lipinski definition) is 6. The van der Waals surface area contributed by atoms with Crippen LogP contribution in [-0.4, -0.2) is 45.6 Å². The minimum atomic E-state index is -0.0461. The number of piperidine rings is 1. The molecule has 2 aromatic heterocycles.